The van der Waals surface area contributed by atoms with Crippen LogP contribution in [-0.2, 0) is 4.79 Å². The fourth-order valence-electron chi connectivity index (χ4n) is 2.10. The summed E-state index contributed by atoms with van der Waals surface area (Å²) >= 11 is 0. The number of carbonyl (C=O) groups excluding carboxylic acids is 1. The molecule has 0 aliphatic carbocycles. The number of oxime groups is 1. The number of ether oxygens (including phenoxy) is 2. The minimum Gasteiger partial charge on any atom is -0.493 e. The summed E-state index contributed by atoms with van der Waals surface area (Å²) in [4.78, 5) is 13.5. The van der Waals surface area contributed by atoms with Crippen LogP contribution in [0, 0.1) is 0 Å². The number of carbonyl (C=O) groups is 1. The maximum Gasteiger partial charge on any atom is 0.263 e. The Bertz CT molecular complexity index is 542. The summed E-state index contributed by atoms with van der Waals surface area (Å²) in [7, 11) is 3.28. The minimum atomic E-state index is -0.465. The largest absolute Gasteiger partial charge is 0.493 e. The van der Waals surface area contributed by atoms with Crippen LogP contribution in [0.5, 0.6) is 11.5 Å². The molecule has 1 aliphatic heterocycles. The molecule has 0 aromatic heterocycles. The number of hydrogen-bond acceptors (Lipinski definition) is 5. The molecule has 2 rings (SSSR count). The molecule has 6 nitrogen and oxygen atoms in total. The van der Waals surface area contributed by atoms with Crippen LogP contribution < -0.4 is 9.47 Å². The highest BCUT2D eigenvalue weighted by Gasteiger charge is 2.31. The third-order valence-corrected chi connectivity index (χ3v) is 3.38. The van der Waals surface area contributed by atoms with Gasteiger partial charge in [-0.2, -0.15) is 0 Å². The number of nitrogens with zero attached hydrogens (tertiary/aromatic N) is 2. The van der Waals surface area contributed by atoms with Crippen molar-refractivity contribution in [1.29, 1.82) is 0 Å². The van der Waals surface area contributed by atoms with Gasteiger partial charge in [-0.3, -0.25) is 4.79 Å². The van der Waals surface area contributed by atoms with Gasteiger partial charge in [-0.25, -0.2) is 0 Å². The van der Waals surface area contributed by atoms with Crippen LogP contribution in [0.3, 0.4) is 0 Å². The number of amides is 1. The van der Waals surface area contributed by atoms with Gasteiger partial charge in [-0.05, 0) is 25.1 Å². The van der Waals surface area contributed by atoms with Crippen molar-refractivity contribution in [3.8, 4) is 11.5 Å². The number of rotatable bonds is 4. The van der Waals surface area contributed by atoms with E-state index in [0.29, 0.717) is 30.2 Å². The SMILES string of the molecule is COc1cc(C(C)=NO)ccc1OC1CCN(C)C1=O. The molecule has 1 aromatic rings. The molecule has 0 radical (unpaired) electrons. The van der Waals surface area contributed by atoms with E-state index in [1.165, 1.54) is 7.11 Å². The second kappa shape index (κ2) is 5.81. The van der Waals surface area contributed by atoms with E-state index < -0.39 is 6.10 Å². The zero-order valence-electron chi connectivity index (χ0n) is 11.8. The van der Waals surface area contributed by atoms with Crippen molar-refractivity contribution >= 4 is 11.6 Å². The fraction of sp³-hybridized carbons (Fsp3) is 0.429. The Morgan fingerprint density at radius 3 is 2.75 bits per heavy atom. The van der Waals surface area contributed by atoms with Crippen LogP contribution in [0.2, 0.25) is 0 Å². The Kier molecular flexibility index (Phi) is 4.12. The van der Waals surface area contributed by atoms with Gasteiger partial charge in [-0.1, -0.05) is 5.16 Å². The van der Waals surface area contributed by atoms with E-state index in [1.54, 1.807) is 37.1 Å². The first-order chi connectivity index (χ1) is 9.56. The molecule has 1 aliphatic rings. The average molecular weight is 278 g/mol. The molecule has 108 valence electrons. The van der Waals surface area contributed by atoms with Gasteiger partial charge in [-0.15, -0.1) is 0 Å². The van der Waals surface area contributed by atoms with Crippen molar-refractivity contribution < 1.29 is 19.5 Å². The van der Waals surface area contributed by atoms with Gasteiger partial charge < -0.3 is 19.6 Å². The summed E-state index contributed by atoms with van der Waals surface area (Å²) in [5, 5.41) is 11.9. The van der Waals surface area contributed by atoms with Gasteiger partial charge in [0.25, 0.3) is 5.91 Å². The molecule has 1 aromatic carbocycles. The van der Waals surface area contributed by atoms with Gasteiger partial charge in [0, 0.05) is 25.6 Å². The number of likely N-dealkylation sites (N-methyl/N-ethyl adjacent to an activating group) is 1. The first-order valence-electron chi connectivity index (χ1n) is 6.35. The summed E-state index contributed by atoms with van der Waals surface area (Å²) in [6.45, 7) is 2.38. The Labute approximate surface area is 117 Å². The predicted molar refractivity (Wildman–Crippen MR) is 73.7 cm³/mol. The highest BCUT2D eigenvalue weighted by molar-refractivity contribution is 5.98. The van der Waals surface area contributed by atoms with Gasteiger partial charge >= 0.3 is 0 Å². The number of likely N-dealkylation sites (tertiary alicyclic amines) is 1. The molecule has 6 heteroatoms. The van der Waals surface area contributed by atoms with Crippen LogP contribution in [-0.4, -0.2) is 48.5 Å². The van der Waals surface area contributed by atoms with Gasteiger partial charge in [0.15, 0.2) is 17.6 Å². The van der Waals surface area contributed by atoms with Crippen LogP contribution >= 0.6 is 0 Å². The second-order valence-corrected chi connectivity index (χ2v) is 4.71. The zero-order chi connectivity index (χ0) is 14.7. The molecule has 0 spiro atoms. The Morgan fingerprint density at radius 1 is 1.45 bits per heavy atom. The van der Waals surface area contributed by atoms with Gasteiger partial charge in [0.1, 0.15) is 0 Å². The summed E-state index contributed by atoms with van der Waals surface area (Å²) in [6.07, 6.45) is 0.199. The van der Waals surface area contributed by atoms with Crippen molar-refractivity contribution in [2.75, 3.05) is 20.7 Å². The molecule has 1 atom stereocenters. The molecule has 1 saturated heterocycles. The molecule has 1 unspecified atom stereocenters. The summed E-state index contributed by atoms with van der Waals surface area (Å²) in [6, 6.07) is 5.19. The average Bonchev–Trinajstić information content (AvgIpc) is 2.78. The molecule has 1 fully saturated rings. The van der Waals surface area contributed by atoms with E-state index in [9.17, 15) is 4.79 Å². The van der Waals surface area contributed by atoms with Crippen molar-refractivity contribution in [2.45, 2.75) is 19.4 Å². The number of hydrogen-bond donors (Lipinski definition) is 1. The molecular formula is C14H18N2O4. The molecule has 20 heavy (non-hydrogen) atoms. The monoisotopic (exact) mass is 278 g/mol. The normalized spacial score (nSPS) is 19.4. The van der Waals surface area contributed by atoms with Crippen molar-refractivity contribution in [3.05, 3.63) is 23.8 Å². The summed E-state index contributed by atoms with van der Waals surface area (Å²) < 4.78 is 11.0. The second-order valence-electron chi connectivity index (χ2n) is 4.71. The third kappa shape index (κ3) is 2.68. The van der Waals surface area contributed by atoms with Gasteiger partial charge in [0.05, 0.1) is 12.8 Å². The predicted octanol–water partition coefficient (Wildman–Crippen LogP) is 1.50. The van der Waals surface area contributed by atoms with E-state index in [0.717, 1.165) is 5.56 Å². The van der Waals surface area contributed by atoms with Crippen molar-refractivity contribution in [3.63, 3.8) is 0 Å². The summed E-state index contributed by atoms with van der Waals surface area (Å²) in [5.41, 5.74) is 1.21. The number of benzene rings is 1. The van der Waals surface area contributed by atoms with Crippen molar-refractivity contribution in [2.24, 2.45) is 5.16 Å². The molecule has 1 N–H and O–H groups in total. The van der Waals surface area contributed by atoms with E-state index in [4.69, 9.17) is 14.7 Å². The standard InChI is InChI=1S/C14H18N2O4/c1-9(15-18)10-4-5-11(13(8-10)19-3)20-12-6-7-16(2)14(12)17/h4-5,8,12,18H,6-7H2,1-3H3. The number of methoxy groups -OCH3 is 1. The van der Waals surface area contributed by atoms with Crippen LogP contribution in [0.25, 0.3) is 0 Å². The van der Waals surface area contributed by atoms with E-state index in [-0.39, 0.29) is 5.91 Å². The Morgan fingerprint density at radius 2 is 2.20 bits per heavy atom. The zero-order valence-corrected chi connectivity index (χ0v) is 11.8. The smallest absolute Gasteiger partial charge is 0.263 e. The maximum atomic E-state index is 11.8. The highest BCUT2D eigenvalue weighted by atomic mass is 16.5. The first kappa shape index (κ1) is 14.2. The molecule has 1 heterocycles. The lowest BCUT2D eigenvalue weighted by molar-refractivity contribution is -0.132. The lowest BCUT2D eigenvalue weighted by Gasteiger charge is -2.16. The van der Waals surface area contributed by atoms with Crippen LogP contribution in [0.1, 0.15) is 18.9 Å². The van der Waals surface area contributed by atoms with Gasteiger partial charge in [0.2, 0.25) is 0 Å². The van der Waals surface area contributed by atoms with Crippen LogP contribution in [0.15, 0.2) is 23.4 Å². The molecule has 0 bridgehead atoms. The van der Waals surface area contributed by atoms with E-state index in [2.05, 4.69) is 5.16 Å². The lowest BCUT2D eigenvalue weighted by atomic mass is 10.1. The highest BCUT2D eigenvalue weighted by Crippen LogP contribution is 2.30. The minimum absolute atomic E-state index is 0.0239. The fourth-order valence-corrected chi connectivity index (χ4v) is 2.10. The lowest BCUT2D eigenvalue weighted by Crippen LogP contribution is -2.29. The maximum absolute atomic E-state index is 11.8. The quantitative estimate of drug-likeness (QED) is 0.515. The summed E-state index contributed by atoms with van der Waals surface area (Å²) in [5.74, 6) is 0.993. The van der Waals surface area contributed by atoms with E-state index in [1.807, 2.05) is 0 Å². The topological polar surface area (TPSA) is 71.4 Å². The molecule has 0 saturated carbocycles. The van der Waals surface area contributed by atoms with Crippen LogP contribution in [0.4, 0.5) is 0 Å². The Balaban J connectivity index is 2.22. The van der Waals surface area contributed by atoms with Crippen molar-refractivity contribution in [1.82, 2.24) is 4.90 Å². The van der Waals surface area contributed by atoms with E-state index >= 15 is 0 Å². The molecule has 1 amide bonds. The first-order valence-corrected chi connectivity index (χ1v) is 6.35. The molecular weight excluding hydrogens is 260 g/mol. The third-order valence-electron chi connectivity index (χ3n) is 3.38. The Hall–Kier alpha value is -2.24.